The molecule has 0 aliphatic carbocycles. The molecule has 0 fully saturated rings. The van der Waals surface area contributed by atoms with Gasteiger partial charge in [-0.05, 0) is 24.5 Å². The van der Waals surface area contributed by atoms with Crippen molar-refractivity contribution in [2.45, 2.75) is 20.3 Å². The zero-order valence-corrected chi connectivity index (χ0v) is 12.3. The Morgan fingerprint density at radius 2 is 1.57 bits per heavy atom. The summed E-state index contributed by atoms with van der Waals surface area (Å²) in [5, 5.41) is 4.14. The van der Waals surface area contributed by atoms with E-state index in [0.717, 1.165) is 28.8 Å². The average Bonchev–Trinajstić information content (AvgIpc) is 2.90. The predicted octanol–water partition coefficient (Wildman–Crippen LogP) is 4.46. The summed E-state index contributed by atoms with van der Waals surface area (Å²) < 4.78 is 5.22. The van der Waals surface area contributed by atoms with E-state index < -0.39 is 0 Å². The zero-order valence-electron chi connectivity index (χ0n) is 12.3. The van der Waals surface area contributed by atoms with Crippen LogP contribution in [0.3, 0.4) is 0 Å². The van der Waals surface area contributed by atoms with Crippen molar-refractivity contribution in [3.05, 3.63) is 59.7 Å². The topological polar surface area (TPSA) is 52.0 Å². The van der Waals surface area contributed by atoms with E-state index >= 15 is 0 Å². The molecule has 1 aromatic heterocycles. The molecule has 0 radical (unpaired) electrons. The number of nitrogen functional groups attached to an aromatic ring is 1. The van der Waals surface area contributed by atoms with Gasteiger partial charge in [-0.15, -0.1) is 0 Å². The highest BCUT2D eigenvalue weighted by molar-refractivity contribution is 5.86. The number of nitrogens with zero attached hydrogens (tertiary/aromatic N) is 1. The molecule has 0 aliphatic rings. The second kappa shape index (κ2) is 5.44. The van der Waals surface area contributed by atoms with Crippen molar-refractivity contribution in [2.75, 3.05) is 5.73 Å². The molecule has 1 heterocycles. The number of aromatic nitrogens is 1. The van der Waals surface area contributed by atoms with Gasteiger partial charge in [0.05, 0.1) is 5.56 Å². The minimum Gasteiger partial charge on any atom is -0.367 e. The highest BCUT2D eigenvalue weighted by atomic mass is 16.5. The maximum Gasteiger partial charge on any atom is 0.230 e. The predicted molar refractivity (Wildman–Crippen MR) is 85.9 cm³/mol. The van der Waals surface area contributed by atoms with Gasteiger partial charge >= 0.3 is 0 Å². The molecule has 106 valence electrons. The third-order valence-electron chi connectivity index (χ3n) is 3.69. The van der Waals surface area contributed by atoms with Crippen LogP contribution in [0.25, 0.3) is 22.4 Å². The Kier molecular flexibility index (Phi) is 3.48. The molecule has 3 heteroatoms. The molecule has 2 aromatic carbocycles. The summed E-state index contributed by atoms with van der Waals surface area (Å²) in [5.74, 6) is 0.355. The van der Waals surface area contributed by atoms with Crippen molar-refractivity contribution in [1.29, 1.82) is 0 Å². The highest BCUT2D eigenvalue weighted by Gasteiger charge is 2.17. The van der Waals surface area contributed by atoms with Gasteiger partial charge in [0.2, 0.25) is 5.88 Å². The monoisotopic (exact) mass is 278 g/mol. The fraction of sp³-hybridized carbons (Fsp3) is 0.167. The first kappa shape index (κ1) is 13.4. The van der Waals surface area contributed by atoms with Crippen molar-refractivity contribution >= 4 is 5.88 Å². The summed E-state index contributed by atoms with van der Waals surface area (Å²) in [7, 11) is 0. The molecule has 0 saturated carbocycles. The van der Waals surface area contributed by atoms with Crippen molar-refractivity contribution in [3.63, 3.8) is 0 Å². The Morgan fingerprint density at radius 1 is 0.952 bits per heavy atom. The van der Waals surface area contributed by atoms with E-state index in [1.807, 2.05) is 12.1 Å². The fourth-order valence-corrected chi connectivity index (χ4v) is 2.40. The first-order valence-corrected chi connectivity index (χ1v) is 7.10. The summed E-state index contributed by atoms with van der Waals surface area (Å²) in [4.78, 5) is 0. The molecule has 0 atom stereocenters. The van der Waals surface area contributed by atoms with Gasteiger partial charge in [-0.2, -0.15) is 0 Å². The SMILES string of the molecule is CCc1ccc(-c2noc(N)c2-c2ccc(C)cc2)cc1. The highest BCUT2D eigenvalue weighted by Crippen LogP contribution is 2.36. The van der Waals surface area contributed by atoms with Crippen molar-refractivity contribution < 1.29 is 4.52 Å². The molecule has 0 aliphatic heterocycles. The first-order valence-electron chi connectivity index (χ1n) is 7.10. The van der Waals surface area contributed by atoms with Crippen molar-refractivity contribution in [2.24, 2.45) is 0 Å². The molecular weight excluding hydrogens is 260 g/mol. The van der Waals surface area contributed by atoms with Crippen LogP contribution in [-0.2, 0) is 6.42 Å². The molecule has 2 N–H and O–H groups in total. The number of nitrogens with two attached hydrogens (primary N) is 1. The van der Waals surface area contributed by atoms with Gasteiger partial charge in [-0.1, -0.05) is 66.2 Å². The standard InChI is InChI=1S/C18H18N2O/c1-3-13-6-10-15(11-7-13)17-16(18(19)21-20-17)14-8-4-12(2)5-9-14/h4-11H,3,19H2,1-2H3. The third kappa shape index (κ3) is 2.55. The fourth-order valence-electron chi connectivity index (χ4n) is 2.40. The van der Waals surface area contributed by atoms with Crippen molar-refractivity contribution in [1.82, 2.24) is 5.16 Å². The van der Waals surface area contributed by atoms with E-state index in [4.69, 9.17) is 10.3 Å². The van der Waals surface area contributed by atoms with Gasteiger partial charge in [0.15, 0.2) is 0 Å². The lowest BCUT2D eigenvalue weighted by atomic mass is 9.99. The Hall–Kier alpha value is -2.55. The minimum atomic E-state index is 0.355. The van der Waals surface area contributed by atoms with Crippen LogP contribution in [0.15, 0.2) is 53.1 Å². The number of anilines is 1. The Morgan fingerprint density at radius 3 is 2.19 bits per heavy atom. The molecular formula is C18H18N2O. The summed E-state index contributed by atoms with van der Waals surface area (Å²) in [6.07, 6.45) is 1.02. The van der Waals surface area contributed by atoms with Gasteiger partial charge in [-0.25, -0.2) is 0 Å². The van der Waals surface area contributed by atoms with Crippen LogP contribution in [-0.4, -0.2) is 5.16 Å². The molecule has 3 rings (SSSR count). The summed E-state index contributed by atoms with van der Waals surface area (Å²) >= 11 is 0. The average molecular weight is 278 g/mol. The number of hydrogen-bond donors (Lipinski definition) is 1. The van der Waals surface area contributed by atoms with E-state index in [1.165, 1.54) is 11.1 Å². The van der Waals surface area contributed by atoms with Gasteiger partial charge in [-0.3, -0.25) is 0 Å². The smallest absolute Gasteiger partial charge is 0.230 e. The van der Waals surface area contributed by atoms with Gasteiger partial charge in [0.1, 0.15) is 5.69 Å². The maximum atomic E-state index is 5.98. The molecule has 0 spiro atoms. The lowest BCUT2D eigenvalue weighted by molar-refractivity contribution is 0.439. The van der Waals surface area contributed by atoms with Crippen molar-refractivity contribution in [3.8, 4) is 22.4 Å². The summed E-state index contributed by atoms with van der Waals surface area (Å²) in [6, 6.07) is 16.6. The van der Waals surface area contributed by atoms with Gasteiger partial charge in [0.25, 0.3) is 0 Å². The Bertz CT molecular complexity index is 740. The van der Waals surface area contributed by atoms with Gasteiger partial charge < -0.3 is 10.3 Å². The quantitative estimate of drug-likeness (QED) is 0.769. The summed E-state index contributed by atoms with van der Waals surface area (Å²) in [5.41, 5.74) is 12.2. The number of rotatable bonds is 3. The Balaban J connectivity index is 2.09. The number of hydrogen-bond acceptors (Lipinski definition) is 3. The van der Waals surface area contributed by atoms with Crippen LogP contribution in [0.1, 0.15) is 18.1 Å². The largest absolute Gasteiger partial charge is 0.367 e. The minimum absolute atomic E-state index is 0.355. The van der Waals surface area contributed by atoms with Gasteiger partial charge in [0, 0.05) is 5.56 Å². The first-order chi connectivity index (χ1) is 10.2. The van der Waals surface area contributed by atoms with Crippen LogP contribution in [0.2, 0.25) is 0 Å². The summed E-state index contributed by atoms with van der Waals surface area (Å²) in [6.45, 7) is 4.20. The van der Waals surface area contributed by atoms with E-state index in [-0.39, 0.29) is 0 Å². The van der Waals surface area contributed by atoms with E-state index in [1.54, 1.807) is 0 Å². The molecule has 0 amide bonds. The van der Waals surface area contributed by atoms with Crippen LogP contribution in [0, 0.1) is 6.92 Å². The van der Waals surface area contributed by atoms with E-state index in [2.05, 4.69) is 55.4 Å². The molecule has 0 unspecified atom stereocenters. The lowest BCUT2D eigenvalue weighted by Crippen LogP contribution is -1.88. The second-order valence-corrected chi connectivity index (χ2v) is 5.19. The zero-order chi connectivity index (χ0) is 14.8. The van der Waals surface area contributed by atoms with Crippen LogP contribution >= 0.6 is 0 Å². The molecule has 21 heavy (non-hydrogen) atoms. The molecule has 3 nitrogen and oxygen atoms in total. The number of benzene rings is 2. The van der Waals surface area contributed by atoms with E-state index in [9.17, 15) is 0 Å². The molecule has 3 aromatic rings. The number of aryl methyl sites for hydroxylation is 2. The third-order valence-corrected chi connectivity index (χ3v) is 3.69. The molecule has 0 bridgehead atoms. The van der Waals surface area contributed by atoms with E-state index in [0.29, 0.717) is 5.88 Å². The van der Waals surface area contributed by atoms with Crippen LogP contribution in [0.5, 0.6) is 0 Å². The molecule has 0 saturated heterocycles. The maximum absolute atomic E-state index is 5.98. The Labute approximate surface area is 124 Å². The normalized spacial score (nSPS) is 10.8. The van der Waals surface area contributed by atoms with Crippen LogP contribution in [0.4, 0.5) is 5.88 Å². The lowest BCUT2D eigenvalue weighted by Gasteiger charge is -2.04. The second-order valence-electron chi connectivity index (χ2n) is 5.19. The van der Waals surface area contributed by atoms with Crippen LogP contribution < -0.4 is 5.73 Å².